The van der Waals surface area contributed by atoms with Crippen LogP contribution in [0.4, 0.5) is 5.69 Å². The molecule has 8 nitrogen and oxygen atoms in total. The molecule has 2 amide bonds. The van der Waals surface area contributed by atoms with Crippen molar-refractivity contribution < 1.29 is 18.7 Å². The lowest BCUT2D eigenvalue weighted by atomic mass is 10.2. The van der Waals surface area contributed by atoms with Crippen molar-refractivity contribution in [2.45, 2.75) is 26.0 Å². The lowest BCUT2D eigenvalue weighted by Crippen LogP contribution is -2.36. The van der Waals surface area contributed by atoms with Gasteiger partial charge in [0.1, 0.15) is 24.0 Å². The fourth-order valence-electron chi connectivity index (χ4n) is 2.48. The first kappa shape index (κ1) is 21.0. The number of benzene rings is 1. The molecule has 1 unspecified atom stereocenters. The molecule has 3 aromatic rings. The van der Waals surface area contributed by atoms with Crippen molar-refractivity contribution in [2.75, 3.05) is 11.9 Å². The van der Waals surface area contributed by atoms with Crippen molar-refractivity contribution >= 4 is 40.4 Å². The second-order valence-electron chi connectivity index (χ2n) is 6.21. The molecule has 2 aromatic heterocycles. The van der Waals surface area contributed by atoms with Crippen molar-refractivity contribution in [1.82, 2.24) is 15.5 Å². The van der Waals surface area contributed by atoms with E-state index < -0.39 is 0 Å². The highest BCUT2D eigenvalue weighted by molar-refractivity contribution is 7.13. The summed E-state index contributed by atoms with van der Waals surface area (Å²) in [7, 11) is 0. The van der Waals surface area contributed by atoms with E-state index in [2.05, 4.69) is 20.8 Å². The molecule has 2 N–H and O–H groups in total. The minimum Gasteiger partial charge on any atom is -0.469 e. The van der Waals surface area contributed by atoms with Gasteiger partial charge < -0.3 is 19.8 Å². The van der Waals surface area contributed by atoms with Gasteiger partial charge in [0.2, 0.25) is 10.9 Å². The second kappa shape index (κ2) is 10.1. The number of rotatable bonds is 9. The van der Waals surface area contributed by atoms with Gasteiger partial charge in [-0.2, -0.15) is 0 Å². The molecule has 0 saturated heterocycles. The van der Waals surface area contributed by atoms with Gasteiger partial charge in [-0.25, -0.2) is 0 Å². The van der Waals surface area contributed by atoms with Gasteiger partial charge in [-0.05, 0) is 37.3 Å². The van der Waals surface area contributed by atoms with E-state index in [1.54, 1.807) is 36.6 Å². The Hall–Kier alpha value is -2.75. The Morgan fingerprint density at radius 2 is 2.14 bits per heavy atom. The fourth-order valence-corrected chi connectivity index (χ4v) is 3.35. The Morgan fingerprint density at radius 3 is 2.90 bits per heavy atom. The Kier molecular flexibility index (Phi) is 7.34. The van der Waals surface area contributed by atoms with Crippen LogP contribution in [0.3, 0.4) is 0 Å². The molecule has 10 heteroatoms. The molecule has 1 aromatic carbocycles. The van der Waals surface area contributed by atoms with Crippen molar-refractivity contribution in [3.63, 3.8) is 0 Å². The minimum atomic E-state index is -0.388. The molecule has 0 spiro atoms. The number of hydrogen-bond acceptors (Lipinski definition) is 7. The number of carbonyl (C=O) groups excluding carboxylic acids is 2. The normalized spacial score (nSPS) is 11.8. The van der Waals surface area contributed by atoms with Crippen LogP contribution in [0.15, 0.2) is 47.1 Å². The number of aromatic nitrogens is 2. The number of hydrogen-bond donors (Lipinski definition) is 2. The van der Waals surface area contributed by atoms with Gasteiger partial charge in [0, 0.05) is 23.2 Å². The van der Waals surface area contributed by atoms with Crippen LogP contribution in [0, 0.1) is 0 Å². The highest BCUT2D eigenvalue weighted by atomic mass is 35.5. The average molecular weight is 435 g/mol. The van der Waals surface area contributed by atoms with E-state index in [1.807, 2.05) is 13.0 Å². The topological polar surface area (TPSA) is 106 Å². The molecule has 0 fully saturated rings. The predicted molar refractivity (Wildman–Crippen MR) is 109 cm³/mol. The molecule has 29 heavy (non-hydrogen) atoms. The van der Waals surface area contributed by atoms with Gasteiger partial charge >= 0.3 is 0 Å². The van der Waals surface area contributed by atoms with E-state index in [1.165, 1.54) is 0 Å². The quantitative estimate of drug-likeness (QED) is 0.535. The van der Waals surface area contributed by atoms with Crippen LogP contribution >= 0.6 is 22.9 Å². The zero-order valence-corrected chi connectivity index (χ0v) is 17.1. The summed E-state index contributed by atoms with van der Waals surface area (Å²) in [5, 5.41) is 14.5. The number of nitrogens with one attached hydrogen (secondary N) is 2. The standard InChI is InChI=1S/C19H19ClN4O4S/c1-12(8-15-6-3-7-28-15)21-16(25)10-27-11-17-23-24-19(29-17)18(26)22-14-5-2-4-13(20)9-14/h2-7,9,12H,8,10-11H2,1H3,(H,21,25)(H,22,26). The van der Waals surface area contributed by atoms with Crippen LogP contribution in [0.5, 0.6) is 0 Å². The molecule has 0 bridgehead atoms. The Bertz CT molecular complexity index is 961. The number of carbonyl (C=O) groups is 2. The predicted octanol–water partition coefficient (Wildman–Crippen LogP) is 3.30. The smallest absolute Gasteiger partial charge is 0.286 e. The molecular formula is C19H19ClN4O4S. The fraction of sp³-hybridized carbons (Fsp3) is 0.263. The van der Waals surface area contributed by atoms with Crippen molar-refractivity contribution in [2.24, 2.45) is 0 Å². The summed E-state index contributed by atoms with van der Waals surface area (Å²) in [5.41, 5.74) is 0.566. The van der Waals surface area contributed by atoms with Gasteiger partial charge in [0.05, 0.1) is 6.26 Å². The molecule has 0 aliphatic rings. The summed E-state index contributed by atoms with van der Waals surface area (Å²) >= 11 is 6.99. The Morgan fingerprint density at radius 1 is 1.28 bits per heavy atom. The summed E-state index contributed by atoms with van der Waals surface area (Å²) in [5.74, 6) is 0.171. The molecule has 3 rings (SSSR count). The number of halogens is 1. The molecule has 1 atom stereocenters. The first-order valence-corrected chi connectivity index (χ1v) is 9.98. The second-order valence-corrected chi connectivity index (χ2v) is 7.71. The number of amides is 2. The number of furan rings is 1. The van der Waals surface area contributed by atoms with E-state index >= 15 is 0 Å². The van der Waals surface area contributed by atoms with Gasteiger partial charge in [0.15, 0.2) is 0 Å². The zero-order valence-electron chi connectivity index (χ0n) is 15.6. The highest BCUT2D eigenvalue weighted by Crippen LogP contribution is 2.17. The molecule has 152 valence electrons. The lowest BCUT2D eigenvalue weighted by Gasteiger charge is -2.12. The maximum atomic E-state index is 12.2. The lowest BCUT2D eigenvalue weighted by molar-refractivity contribution is -0.126. The third-order valence-electron chi connectivity index (χ3n) is 3.70. The average Bonchev–Trinajstić information content (AvgIpc) is 3.33. The van der Waals surface area contributed by atoms with Crippen LogP contribution in [0.25, 0.3) is 0 Å². The van der Waals surface area contributed by atoms with E-state index in [0.717, 1.165) is 17.1 Å². The number of anilines is 1. The summed E-state index contributed by atoms with van der Waals surface area (Å²) < 4.78 is 10.6. The Labute approximate surface area is 176 Å². The molecule has 0 radical (unpaired) electrons. The van der Waals surface area contributed by atoms with Crippen LogP contribution in [0.1, 0.15) is 27.5 Å². The first-order chi connectivity index (χ1) is 14.0. The van der Waals surface area contributed by atoms with Crippen molar-refractivity contribution in [3.8, 4) is 0 Å². The van der Waals surface area contributed by atoms with E-state index in [4.69, 9.17) is 20.8 Å². The summed E-state index contributed by atoms with van der Waals surface area (Å²) in [4.78, 5) is 24.2. The van der Waals surface area contributed by atoms with Crippen LogP contribution in [-0.4, -0.2) is 34.7 Å². The van der Waals surface area contributed by atoms with E-state index in [-0.39, 0.29) is 36.1 Å². The Balaban J connectivity index is 1.40. The van der Waals surface area contributed by atoms with E-state index in [0.29, 0.717) is 22.1 Å². The van der Waals surface area contributed by atoms with Gasteiger partial charge in [0.25, 0.3) is 5.91 Å². The molecule has 0 aliphatic heterocycles. The SMILES string of the molecule is CC(Cc1ccco1)NC(=O)COCc1nnc(C(=O)Nc2cccc(Cl)c2)s1. The van der Waals surface area contributed by atoms with Crippen LogP contribution < -0.4 is 10.6 Å². The minimum absolute atomic E-state index is 0.0828. The largest absolute Gasteiger partial charge is 0.469 e. The molecule has 2 heterocycles. The highest BCUT2D eigenvalue weighted by Gasteiger charge is 2.14. The summed E-state index contributed by atoms with van der Waals surface area (Å²) in [6.45, 7) is 1.85. The number of ether oxygens (including phenoxy) is 1. The summed E-state index contributed by atoms with van der Waals surface area (Å²) in [6, 6.07) is 10.4. The van der Waals surface area contributed by atoms with Crippen LogP contribution in [-0.2, 0) is 22.6 Å². The maximum Gasteiger partial charge on any atom is 0.286 e. The molecular weight excluding hydrogens is 416 g/mol. The van der Waals surface area contributed by atoms with Gasteiger partial charge in [-0.15, -0.1) is 10.2 Å². The summed E-state index contributed by atoms with van der Waals surface area (Å²) in [6.07, 6.45) is 2.19. The van der Waals surface area contributed by atoms with Gasteiger partial charge in [-0.3, -0.25) is 9.59 Å². The molecule has 0 saturated carbocycles. The molecule has 0 aliphatic carbocycles. The van der Waals surface area contributed by atoms with E-state index in [9.17, 15) is 9.59 Å². The van der Waals surface area contributed by atoms with Crippen molar-refractivity contribution in [3.05, 3.63) is 63.5 Å². The third kappa shape index (κ3) is 6.67. The van der Waals surface area contributed by atoms with Gasteiger partial charge in [-0.1, -0.05) is 29.0 Å². The number of nitrogens with zero attached hydrogens (tertiary/aromatic N) is 2. The first-order valence-electron chi connectivity index (χ1n) is 8.78. The monoisotopic (exact) mass is 434 g/mol. The zero-order chi connectivity index (χ0) is 20.6. The maximum absolute atomic E-state index is 12.2. The third-order valence-corrected chi connectivity index (χ3v) is 4.83. The van der Waals surface area contributed by atoms with Crippen LogP contribution in [0.2, 0.25) is 5.02 Å². The van der Waals surface area contributed by atoms with Crippen molar-refractivity contribution in [1.29, 1.82) is 0 Å².